The van der Waals surface area contributed by atoms with Crippen molar-refractivity contribution in [3.63, 3.8) is 0 Å². The van der Waals surface area contributed by atoms with E-state index in [-0.39, 0.29) is 5.91 Å². The van der Waals surface area contributed by atoms with Crippen LogP contribution >= 0.6 is 49.9 Å². The van der Waals surface area contributed by atoms with E-state index in [2.05, 4.69) is 48.8 Å². The molecule has 0 fully saturated rings. The lowest BCUT2D eigenvalue weighted by atomic mass is 10.2. The fourth-order valence-electron chi connectivity index (χ4n) is 1.92. The Labute approximate surface area is 148 Å². The number of benzene rings is 2. The van der Waals surface area contributed by atoms with E-state index < -0.39 is 0 Å². The maximum atomic E-state index is 12.2. The Hall–Kier alpha value is -0.990. The van der Waals surface area contributed by atoms with Gasteiger partial charge in [-0.05, 0) is 52.9 Å². The van der Waals surface area contributed by atoms with Crippen molar-refractivity contribution in [3.05, 3.63) is 61.1 Å². The van der Waals surface area contributed by atoms with Gasteiger partial charge >= 0.3 is 0 Å². The minimum atomic E-state index is -0.0834. The van der Waals surface area contributed by atoms with Gasteiger partial charge in [-0.15, -0.1) is 11.3 Å². The number of para-hydroxylation sites is 1. The van der Waals surface area contributed by atoms with Gasteiger partial charge in [-0.3, -0.25) is 4.79 Å². The predicted octanol–water partition coefficient (Wildman–Crippen LogP) is 4.59. The second-order valence-electron chi connectivity index (χ2n) is 4.38. The molecular formula is C15H10BrIN2OS. The number of hydrogen-bond donors (Lipinski definition) is 1. The molecule has 0 radical (unpaired) electrons. The third-order valence-corrected chi connectivity index (χ3v) is 5.38. The van der Waals surface area contributed by atoms with Crippen LogP contribution in [-0.4, -0.2) is 10.9 Å². The summed E-state index contributed by atoms with van der Waals surface area (Å²) in [6.07, 6.45) is 0. The molecule has 21 heavy (non-hydrogen) atoms. The van der Waals surface area contributed by atoms with Gasteiger partial charge in [0.25, 0.3) is 5.91 Å². The van der Waals surface area contributed by atoms with Crippen molar-refractivity contribution in [2.24, 2.45) is 0 Å². The molecular weight excluding hydrogens is 463 g/mol. The molecule has 1 aromatic heterocycles. The highest BCUT2D eigenvalue weighted by atomic mass is 127. The summed E-state index contributed by atoms with van der Waals surface area (Å²) in [4.78, 5) is 16.8. The first-order valence-corrected chi connectivity index (χ1v) is 8.90. The molecule has 106 valence electrons. The molecule has 0 atom stereocenters. The largest absolute Gasteiger partial charge is 0.345 e. The second-order valence-corrected chi connectivity index (χ2v) is 7.58. The van der Waals surface area contributed by atoms with Crippen LogP contribution in [0.1, 0.15) is 15.4 Å². The van der Waals surface area contributed by atoms with Crippen LogP contribution in [0.2, 0.25) is 0 Å². The molecule has 1 heterocycles. The number of aromatic nitrogens is 1. The number of carbonyl (C=O) groups excluding carboxylic acids is 1. The Kier molecular flexibility index (Phi) is 4.56. The average Bonchev–Trinajstić information content (AvgIpc) is 2.90. The SMILES string of the molecule is O=C(NCc1nc2ccccc2s1)c1cc(Br)ccc1I. The zero-order valence-electron chi connectivity index (χ0n) is 10.8. The first kappa shape index (κ1) is 14.9. The van der Waals surface area contributed by atoms with Crippen LogP contribution in [0.5, 0.6) is 0 Å². The van der Waals surface area contributed by atoms with Gasteiger partial charge in [0.05, 0.1) is 22.3 Å². The molecule has 0 aliphatic carbocycles. The van der Waals surface area contributed by atoms with Crippen molar-refractivity contribution in [1.82, 2.24) is 10.3 Å². The third kappa shape index (κ3) is 3.44. The van der Waals surface area contributed by atoms with Crippen LogP contribution in [0.15, 0.2) is 46.9 Å². The number of rotatable bonds is 3. The topological polar surface area (TPSA) is 42.0 Å². The zero-order valence-corrected chi connectivity index (χ0v) is 15.3. The smallest absolute Gasteiger partial charge is 0.252 e. The maximum Gasteiger partial charge on any atom is 0.252 e. The predicted molar refractivity (Wildman–Crippen MR) is 97.6 cm³/mol. The van der Waals surface area contributed by atoms with Crippen molar-refractivity contribution >= 4 is 66.0 Å². The van der Waals surface area contributed by atoms with Gasteiger partial charge in [0, 0.05) is 8.04 Å². The first-order chi connectivity index (χ1) is 10.1. The summed E-state index contributed by atoms with van der Waals surface area (Å²) in [5.74, 6) is -0.0834. The van der Waals surface area contributed by atoms with Gasteiger partial charge in [-0.25, -0.2) is 4.98 Å². The van der Waals surface area contributed by atoms with Crippen LogP contribution < -0.4 is 5.32 Å². The molecule has 0 bridgehead atoms. The van der Waals surface area contributed by atoms with E-state index in [1.54, 1.807) is 11.3 Å². The maximum absolute atomic E-state index is 12.2. The fourth-order valence-corrected chi connectivity index (χ4v) is 3.77. The number of thiazole rings is 1. The number of hydrogen-bond acceptors (Lipinski definition) is 3. The average molecular weight is 473 g/mol. The monoisotopic (exact) mass is 472 g/mol. The summed E-state index contributed by atoms with van der Waals surface area (Å²) < 4.78 is 2.96. The molecule has 0 aliphatic rings. The molecule has 3 aromatic rings. The molecule has 3 nitrogen and oxygen atoms in total. The molecule has 3 rings (SSSR count). The van der Waals surface area contributed by atoms with Crippen LogP contribution in [0.4, 0.5) is 0 Å². The highest BCUT2D eigenvalue weighted by Crippen LogP contribution is 2.22. The molecule has 6 heteroatoms. The number of fused-ring (bicyclic) bond motifs is 1. The summed E-state index contributed by atoms with van der Waals surface area (Å²) in [7, 11) is 0. The van der Waals surface area contributed by atoms with E-state index in [9.17, 15) is 4.79 Å². The van der Waals surface area contributed by atoms with Gasteiger partial charge in [0.1, 0.15) is 5.01 Å². The first-order valence-electron chi connectivity index (χ1n) is 6.21. The summed E-state index contributed by atoms with van der Waals surface area (Å²) in [6, 6.07) is 13.6. The molecule has 0 saturated heterocycles. The summed E-state index contributed by atoms with van der Waals surface area (Å²) in [5, 5.41) is 3.84. The Bertz CT molecular complexity index is 785. The molecule has 0 saturated carbocycles. The quantitative estimate of drug-likeness (QED) is 0.566. The van der Waals surface area contributed by atoms with E-state index in [0.717, 1.165) is 23.3 Å². The Morgan fingerprint density at radius 2 is 2.10 bits per heavy atom. The van der Waals surface area contributed by atoms with Gasteiger partial charge in [0.15, 0.2) is 0 Å². The fraction of sp³-hybridized carbons (Fsp3) is 0.0667. The van der Waals surface area contributed by atoms with Crippen molar-refractivity contribution in [1.29, 1.82) is 0 Å². The van der Waals surface area contributed by atoms with Crippen LogP contribution in [0.25, 0.3) is 10.2 Å². The van der Waals surface area contributed by atoms with Crippen LogP contribution in [0.3, 0.4) is 0 Å². The molecule has 0 spiro atoms. The number of nitrogens with one attached hydrogen (secondary N) is 1. The zero-order chi connectivity index (χ0) is 14.8. The summed E-state index contributed by atoms with van der Waals surface area (Å²) in [5.41, 5.74) is 1.65. The molecule has 0 unspecified atom stereocenters. The van der Waals surface area contributed by atoms with E-state index in [1.165, 1.54) is 0 Å². The third-order valence-electron chi connectivity index (χ3n) is 2.91. The number of halogens is 2. The molecule has 2 aromatic carbocycles. The lowest BCUT2D eigenvalue weighted by molar-refractivity contribution is 0.0950. The summed E-state index contributed by atoms with van der Waals surface area (Å²) >= 11 is 7.16. The highest BCUT2D eigenvalue weighted by molar-refractivity contribution is 14.1. The Balaban J connectivity index is 1.74. The number of carbonyl (C=O) groups is 1. The number of nitrogens with zero attached hydrogens (tertiary/aromatic N) is 1. The lowest BCUT2D eigenvalue weighted by Crippen LogP contribution is -2.23. The second kappa shape index (κ2) is 6.41. The van der Waals surface area contributed by atoms with E-state index >= 15 is 0 Å². The highest BCUT2D eigenvalue weighted by Gasteiger charge is 2.11. The minimum Gasteiger partial charge on any atom is -0.345 e. The van der Waals surface area contributed by atoms with E-state index in [0.29, 0.717) is 12.1 Å². The van der Waals surface area contributed by atoms with Crippen LogP contribution in [0, 0.1) is 3.57 Å². The summed E-state index contributed by atoms with van der Waals surface area (Å²) in [6.45, 7) is 0.445. The van der Waals surface area contributed by atoms with Gasteiger partial charge in [0.2, 0.25) is 0 Å². The van der Waals surface area contributed by atoms with E-state index in [4.69, 9.17) is 0 Å². The lowest BCUT2D eigenvalue weighted by Gasteiger charge is -2.06. The normalized spacial score (nSPS) is 10.8. The van der Waals surface area contributed by atoms with Crippen molar-refractivity contribution in [3.8, 4) is 0 Å². The molecule has 1 N–H and O–H groups in total. The van der Waals surface area contributed by atoms with Gasteiger partial charge < -0.3 is 5.32 Å². The molecule has 0 aliphatic heterocycles. The van der Waals surface area contributed by atoms with Gasteiger partial charge in [-0.2, -0.15) is 0 Å². The standard InChI is InChI=1S/C15H10BrIN2OS/c16-9-5-6-11(17)10(7-9)15(20)18-8-14-19-12-3-1-2-4-13(12)21-14/h1-7H,8H2,(H,18,20). The van der Waals surface area contributed by atoms with Gasteiger partial charge in [-0.1, -0.05) is 28.1 Å². The van der Waals surface area contributed by atoms with E-state index in [1.807, 2.05) is 42.5 Å². The Morgan fingerprint density at radius 3 is 2.90 bits per heavy atom. The molecule has 1 amide bonds. The van der Waals surface area contributed by atoms with Crippen molar-refractivity contribution in [2.45, 2.75) is 6.54 Å². The van der Waals surface area contributed by atoms with Crippen LogP contribution in [-0.2, 0) is 6.54 Å². The number of amides is 1. The van der Waals surface area contributed by atoms with Crippen molar-refractivity contribution < 1.29 is 4.79 Å². The Morgan fingerprint density at radius 1 is 1.29 bits per heavy atom. The van der Waals surface area contributed by atoms with Crippen molar-refractivity contribution in [2.75, 3.05) is 0 Å². The minimum absolute atomic E-state index is 0.0834.